The zero-order chi connectivity index (χ0) is 22.9. The minimum absolute atomic E-state index is 0.0105. The molecule has 158 valence electrons. The van der Waals surface area contributed by atoms with Crippen LogP contribution in [0.15, 0.2) is 72.8 Å². The first-order valence-corrected chi connectivity index (χ1v) is 10.8. The highest BCUT2D eigenvalue weighted by molar-refractivity contribution is 6.30. The van der Waals surface area contributed by atoms with Crippen molar-refractivity contribution < 1.29 is 0 Å². The van der Waals surface area contributed by atoms with Gasteiger partial charge in [-0.2, -0.15) is 15.8 Å². The molecular formula is C27H23ClN4. The SMILES string of the molecule is CC(N[C@@H](CC#N)c1cccc(C#N)c1)C(Cc1ccc(Cl)cc1)c1cccc(C#N)c1. The molecule has 4 nitrogen and oxygen atoms in total. The molecule has 3 atom stereocenters. The number of halogens is 1. The molecule has 3 rings (SSSR count). The topological polar surface area (TPSA) is 83.4 Å². The van der Waals surface area contributed by atoms with Gasteiger partial charge in [-0.05, 0) is 66.4 Å². The maximum Gasteiger partial charge on any atom is 0.0991 e. The molecule has 0 radical (unpaired) electrons. The molecule has 0 saturated heterocycles. The molecule has 0 aromatic heterocycles. The number of hydrogen-bond acceptors (Lipinski definition) is 4. The largest absolute Gasteiger partial charge is 0.306 e. The van der Waals surface area contributed by atoms with Gasteiger partial charge in [-0.1, -0.05) is 48.0 Å². The Morgan fingerprint density at radius 1 is 0.844 bits per heavy atom. The summed E-state index contributed by atoms with van der Waals surface area (Å²) in [5.74, 6) is 0.0600. The lowest BCUT2D eigenvalue weighted by Gasteiger charge is -2.30. The van der Waals surface area contributed by atoms with E-state index in [1.54, 1.807) is 12.1 Å². The minimum Gasteiger partial charge on any atom is -0.306 e. The molecule has 3 aromatic rings. The van der Waals surface area contributed by atoms with E-state index in [2.05, 4.69) is 30.4 Å². The van der Waals surface area contributed by atoms with Gasteiger partial charge in [0.25, 0.3) is 0 Å². The predicted molar refractivity (Wildman–Crippen MR) is 126 cm³/mol. The Labute approximate surface area is 194 Å². The van der Waals surface area contributed by atoms with Gasteiger partial charge in [-0.25, -0.2) is 0 Å². The van der Waals surface area contributed by atoms with Gasteiger partial charge < -0.3 is 5.32 Å². The molecule has 0 aliphatic carbocycles. The van der Waals surface area contributed by atoms with Crippen LogP contribution in [-0.4, -0.2) is 6.04 Å². The molecule has 3 aromatic carbocycles. The van der Waals surface area contributed by atoms with Gasteiger partial charge >= 0.3 is 0 Å². The van der Waals surface area contributed by atoms with Crippen molar-refractivity contribution in [2.24, 2.45) is 0 Å². The summed E-state index contributed by atoms with van der Waals surface area (Å²) >= 11 is 6.06. The smallest absolute Gasteiger partial charge is 0.0991 e. The second-order valence-corrected chi connectivity index (χ2v) is 8.22. The van der Waals surface area contributed by atoms with E-state index in [0.29, 0.717) is 16.1 Å². The third kappa shape index (κ3) is 5.96. The summed E-state index contributed by atoms with van der Waals surface area (Å²) in [4.78, 5) is 0. The molecule has 1 N–H and O–H groups in total. The molecule has 0 saturated carbocycles. The maximum absolute atomic E-state index is 9.42. The third-order valence-electron chi connectivity index (χ3n) is 5.59. The van der Waals surface area contributed by atoms with E-state index in [9.17, 15) is 15.8 Å². The second-order valence-electron chi connectivity index (χ2n) is 7.78. The van der Waals surface area contributed by atoms with Crippen LogP contribution in [0.4, 0.5) is 0 Å². The van der Waals surface area contributed by atoms with Crippen molar-refractivity contribution in [1.29, 1.82) is 15.8 Å². The summed E-state index contributed by atoms with van der Waals surface area (Å²) in [6, 6.07) is 29.2. The van der Waals surface area contributed by atoms with Gasteiger partial charge in [0.1, 0.15) is 0 Å². The number of nitrogens with one attached hydrogen (secondary N) is 1. The van der Waals surface area contributed by atoms with Crippen molar-refractivity contribution in [3.8, 4) is 18.2 Å². The van der Waals surface area contributed by atoms with E-state index < -0.39 is 0 Å². The van der Waals surface area contributed by atoms with E-state index in [4.69, 9.17) is 11.6 Å². The van der Waals surface area contributed by atoms with E-state index in [1.807, 2.05) is 60.7 Å². The summed E-state index contributed by atoms with van der Waals surface area (Å²) in [6.45, 7) is 2.10. The lowest BCUT2D eigenvalue weighted by Crippen LogP contribution is -2.36. The Morgan fingerprint density at radius 3 is 2.03 bits per heavy atom. The van der Waals surface area contributed by atoms with Crippen LogP contribution in [0.5, 0.6) is 0 Å². The maximum atomic E-state index is 9.42. The van der Waals surface area contributed by atoms with Gasteiger partial charge in [0.15, 0.2) is 0 Å². The Hall–Kier alpha value is -3.62. The van der Waals surface area contributed by atoms with Gasteiger partial charge in [0, 0.05) is 23.0 Å². The average Bonchev–Trinajstić information content (AvgIpc) is 2.83. The van der Waals surface area contributed by atoms with Crippen molar-refractivity contribution in [2.45, 2.75) is 37.8 Å². The first-order chi connectivity index (χ1) is 15.5. The highest BCUT2D eigenvalue weighted by Gasteiger charge is 2.24. The lowest BCUT2D eigenvalue weighted by atomic mass is 9.85. The van der Waals surface area contributed by atoms with Crippen LogP contribution in [0.25, 0.3) is 0 Å². The number of benzene rings is 3. The van der Waals surface area contributed by atoms with Crippen LogP contribution < -0.4 is 5.32 Å². The molecular weight excluding hydrogens is 416 g/mol. The molecule has 2 unspecified atom stereocenters. The molecule has 0 heterocycles. The normalized spacial score (nSPS) is 13.2. The fourth-order valence-corrected chi connectivity index (χ4v) is 4.05. The Balaban J connectivity index is 1.92. The number of rotatable bonds is 8. The van der Waals surface area contributed by atoms with Gasteiger partial charge in [-0.15, -0.1) is 0 Å². The fourth-order valence-electron chi connectivity index (χ4n) is 3.92. The molecule has 0 bridgehead atoms. The molecule has 0 spiro atoms. The zero-order valence-electron chi connectivity index (χ0n) is 17.8. The Bertz CT molecular complexity index is 1180. The number of hydrogen-bond donors (Lipinski definition) is 1. The van der Waals surface area contributed by atoms with Crippen molar-refractivity contribution in [3.63, 3.8) is 0 Å². The van der Waals surface area contributed by atoms with Crippen LogP contribution in [0.2, 0.25) is 5.02 Å². The highest BCUT2D eigenvalue weighted by atomic mass is 35.5. The molecule has 0 fully saturated rings. The Kier molecular flexibility index (Phi) is 8.02. The average molecular weight is 439 g/mol. The van der Waals surface area contributed by atoms with E-state index >= 15 is 0 Å². The van der Waals surface area contributed by atoms with Crippen LogP contribution in [0.1, 0.15) is 53.1 Å². The molecule has 0 amide bonds. The van der Waals surface area contributed by atoms with E-state index in [0.717, 1.165) is 23.1 Å². The summed E-state index contributed by atoms with van der Waals surface area (Å²) in [7, 11) is 0. The van der Waals surface area contributed by atoms with Gasteiger partial charge in [0.2, 0.25) is 0 Å². The zero-order valence-corrected chi connectivity index (χ0v) is 18.6. The summed E-state index contributed by atoms with van der Waals surface area (Å²) < 4.78 is 0. The van der Waals surface area contributed by atoms with Gasteiger partial charge in [0.05, 0.1) is 35.8 Å². The van der Waals surface area contributed by atoms with Crippen LogP contribution >= 0.6 is 11.6 Å². The van der Waals surface area contributed by atoms with E-state index in [1.165, 1.54) is 0 Å². The van der Waals surface area contributed by atoms with Crippen molar-refractivity contribution in [2.75, 3.05) is 0 Å². The standard InChI is InChI=1S/C27H23ClN4/c1-19(32-27(12-13-29)24-7-3-5-22(15-24)18-31)26(16-20-8-10-25(28)11-9-20)23-6-2-4-21(14-23)17-30/h2-11,14-15,19,26-27,32H,12,16H2,1H3/t19?,26?,27-/m0/s1. The van der Waals surface area contributed by atoms with Gasteiger partial charge in [-0.3, -0.25) is 0 Å². The van der Waals surface area contributed by atoms with E-state index in [-0.39, 0.29) is 24.4 Å². The Morgan fingerprint density at radius 2 is 1.44 bits per heavy atom. The van der Waals surface area contributed by atoms with Crippen molar-refractivity contribution >= 4 is 11.6 Å². The quantitative estimate of drug-likeness (QED) is 0.464. The van der Waals surface area contributed by atoms with Crippen LogP contribution in [0.3, 0.4) is 0 Å². The summed E-state index contributed by atoms with van der Waals surface area (Å²) in [6.07, 6.45) is 1.03. The van der Waals surface area contributed by atoms with Crippen molar-refractivity contribution in [3.05, 3.63) is 106 Å². The van der Waals surface area contributed by atoms with Crippen LogP contribution in [0, 0.1) is 34.0 Å². The first-order valence-electron chi connectivity index (χ1n) is 10.4. The first kappa shape index (κ1) is 23.1. The fraction of sp³-hybridized carbons (Fsp3) is 0.222. The summed E-state index contributed by atoms with van der Waals surface area (Å²) in [5, 5.41) is 32.3. The summed E-state index contributed by atoms with van der Waals surface area (Å²) in [5.41, 5.74) is 4.29. The predicted octanol–water partition coefficient (Wildman–Crippen LogP) is 6.04. The number of nitriles is 3. The second kappa shape index (κ2) is 11.1. The van der Waals surface area contributed by atoms with Crippen molar-refractivity contribution in [1.82, 2.24) is 5.32 Å². The molecule has 5 heteroatoms. The van der Waals surface area contributed by atoms with Crippen LogP contribution in [-0.2, 0) is 6.42 Å². The lowest BCUT2D eigenvalue weighted by molar-refractivity contribution is 0.401. The highest BCUT2D eigenvalue weighted by Crippen LogP contribution is 2.29. The number of nitrogens with zero attached hydrogens (tertiary/aromatic N) is 3. The minimum atomic E-state index is -0.213. The third-order valence-corrected chi connectivity index (χ3v) is 5.85. The molecule has 32 heavy (non-hydrogen) atoms. The monoisotopic (exact) mass is 438 g/mol. The molecule has 0 aliphatic heterocycles. The molecule has 0 aliphatic rings.